The average Bonchev–Trinajstić information content (AvgIpc) is 2.34. The van der Waals surface area contributed by atoms with Crippen LogP contribution in [0.2, 0.25) is 0 Å². The first kappa shape index (κ1) is 14.4. The quantitative estimate of drug-likeness (QED) is 0.869. The largest absolute Gasteiger partial charge is 0.374 e. The molecule has 0 radical (unpaired) electrons. The van der Waals surface area contributed by atoms with Crippen molar-refractivity contribution in [3.63, 3.8) is 0 Å². The van der Waals surface area contributed by atoms with Gasteiger partial charge in [0.1, 0.15) is 0 Å². The minimum Gasteiger partial charge on any atom is -0.374 e. The van der Waals surface area contributed by atoms with E-state index in [1.165, 1.54) is 0 Å². The Morgan fingerprint density at radius 1 is 1.56 bits per heavy atom. The van der Waals surface area contributed by atoms with Crippen molar-refractivity contribution in [3.05, 3.63) is 26.9 Å². The highest BCUT2D eigenvalue weighted by atomic mass is 79.9. The predicted molar refractivity (Wildman–Crippen MR) is 78.6 cm³/mol. The highest BCUT2D eigenvalue weighted by Crippen LogP contribution is 2.21. The number of ether oxygens (including phenoxy) is 1. The highest BCUT2D eigenvalue weighted by Gasteiger charge is 2.20. The molecule has 0 bridgehead atoms. The lowest BCUT2D eigenvalue weighted by molar-refractivity contribution is -0.0295. The van der Waals surface area contributed by atoms with Gasteiger partial charge in [-0.2, -0.15) is 0 Å². The molecule has 0 spiro atoms. The Balaban J connectivity index is 1.96. The third-order valence-corrected chi connectivity index (χ3v) is 4.03. The van der Waals surface area contributed by atoms with Gasteiger partial charge in [-0.25, -0.2) is 0 Å². The Kier molecular flexibility index (Phi) is 5.56. The van der Waals surface area contributed by atoms with Gasteiger partial charge in [0.15, 0.2) is 0 Å². The van der Waals surface area contributed by atoms with Gasteiger partial charge >= 0.3 is 0 Å². The van der Waals surface area contributed by atoms with E-state index in [1.807, 2.05) is 19.3 Å². The van der Waals surface area contributed by atoms with Gasteiger partial charge in [0.2, 0.25) is 0 Å². The summed E-state index contributed by atoms with van der Waals surface area (Å²) >= 11 is 6.97. The lowest BCUT2D eigenvalue weighted by Gasteiger charge is -2.32. The molecule has 2 rings (SSSR count). The van der Waals surface area contributed by atoms with E-state index in [9.17, 15) is 0 Å². The van der Waals surface area contributed by atoms with Crippen molar-refractivity contribution in [1.82, 2.24) is 15.2 Å². The van der Waals surface area contributed by atoms with Crippen LogP contribution in [0.25, 0.3) is 0 Å². The van der Waals surface area contributed by atoms with E-state index >= 15 is 0 Å². The maximum absolute atomic E-state index is 5.69. The summed E-state index contributed by atoms with van der Waals surface area (Å²) in [5.41, 5.74) is 1.07. The third-order valence-electron chi connectivity index (χ3n) is 2.91. The molecule has 0 saturated carbocycles. The van der Waals surface area contributed by atoms with Gasteiger partial charge < -0.3 is 10.1 Å². The average molecular weight is 379 g/mol. The molecular formula is C12H17Br2N3O. The smallest absolute Gasteiger partial charge is 0.0826 e. The number of morpholine rings is 1. The van der Waals surface area contributed by atoms with Crippen LogP contribution in [0.15, 0.2) is 21.2 Å². The van der Waals surface area contributed by atoms with Crippen LogP contribution in [0.3, 0.4) is 0 Å². The molecule has 1 unspecified atom stereocenters. The Morgan fingerprint density at radius 3 is 3.11 bits per heavy atom. The molecule has 1 aromatic rings. The van der Waals surface area contributed by atoms with E-state index in [0.717, 1.165) is 47.4 Å². The molecule has 1 saturated heterocycles. The van der Waals surface area contributed by atoms with Crippen LogP contribution in [-0.4, -0.2) is 49.3 Å². The highest BCUT2D eigenvalue weighted by molar-refractivity contribution is 9.11. The number of halogens is 2. The summed E-state index contributed by atoms with van der Waals surface area (Å²) in [4.78, 5) is 6.83. The first-order chi connectivity index (χ1) is 8.69. The minimum atomic E-state index is 0.276. The second kappa shape index (κ2) is 6.96. The molecule has 1 aliphatic heterocycles. The fourth-order valence-electron chi connectivity index (χ4n) is 2.05. The van der Waals surface area contributed by atoms with Gasteiger partial charge in [0.25, 0.3) is 0 Å². The van der Waals surface area contributed by atoms with Crippen LogP contribution < -0.4 is 5.32 Å². The molecule has 1 aliphatic rings. The minimum absolute atomic E-state index is 0.276. The van der Waals surface area contributed by atoms with E-state index in [0.29, 0.717) is 0 Å². The van der Waals surface area contributed by atoms with Crippen molar-refractivity contribution in [2.24, 2.45) is 0 Å². The summed E-state index contributed by atoms with van der Waals surface area (Å²) < 4.78 is 7.74. The van der Waals surface area contributed by atoms with Gasteiger partial charge in [0, 0.05) is 41.3 Å². The number of rotatable bonds is 4. The number of nitrogens with one attached hydrogen (secondary N) is 1. The lowest BCUT2D eigenvalue weighted by Crippen LogP contribution is -2.45. The standard InChI is InChI=1S/C12H17Br2N3O/c1-15-6-10-7-17(2-3-18-10)8-12-11(14)4-9(13)5-16-12/h4-5,10,15H,2-3,6-8H2,1H3. The van der Waals surface area contributed by atoms with Gasteiger partial charge in [0.05, 0.1) is 18.4 Å². The van der Waals surface area contributed by atoms with Crippen molar-refractivity contribution in [1.29, 1.82) is 0 Å². The number of likely N-dealkylation sites (N-methyl/N-ethyl adjacent to an activating group) is 1. The van der Waals surface area contributed by atoms with E-state index in [1.54, 1.807) is 0 Å². The van der Waals surface area contributed by atoms with E-state index in [2.05, 4.69) is 47.1 Å². The van der Waals surface area contributed by atoms with Crippen LogP contribution in [-0.2, 0) is 11.3 Å². The Bertz CT molecular complexity index is 401. The number of aromatic nitrogens is 1. The fraction of sp³-hybridized carbons (Fsp3) is 0.583. The SMILES string of the molecule is CNCC1CN(Cc2ncc(Br)cc2Br)CCO1. The molecule has 18 heavy (non-hydrogen) atoms. The fourth-order valence-corrected chi connectivity index (χ4v) is 3.16. The zero-order chi connectivity index (χ0) is 13.0. The molecule has 1 N–H and O–H groups in total. The molecule has 0 aliphatic carbocycles. The van der Waals surface area contributed by atoms with Crippen molar-refractivity contribution >= 4 is 31.9 Å². The molecule has 0 amide bonds. The van der Waals surface area contributed by atoms with Crippen LogP contribution in [0.1, 0.15) is 5.69 Å². The molecule has 1 fully saturated rings. The van der Waals surface area contributed by atoms with Gasteiger partial charge in [-0.15, -0.1) is 0 Å². The summed E-state index contributed by atoms with van der Waals surface area (Å²) in [7, 11) is 1.95. The summed E-state index contributed by atoms with van der Waals surface area (Å²) in [6.07, 6.45) is 2.11. The third kappa shape index (κ3) is 3.99. The zero-order valence-electron chi connectivity index (χ0n) is 10.3. The summed E-state index contributed by atoms with van der Waals surface area (Å²) in [5.74, 6) is 0. The van der Waals surface area contributed by atoms with E-state index < -0.39 is 0 Å². The van der Waals surface area contributed by atoms with Gasteiger partial charge in [-0.1, -0.05) is 0 Å². The molecule has 100 valence electrons. The van der Waals surface area contributed by atoms with Crippen molar-refractivity contribution in [2.45, 2.75) is 12.6 Å². The first-order valence-corrected chi connectivity index (χ1v) is 7.56. The maximum Gasteiger partial charge on any atom is 0.0826 e. The van der Waals surface area contributed by atoms with Crippen molar-refractivity contribution in [3.8, 4) is 0 Å². The molecule has 1 atom stereocenters. The topological polar surface area (TPSA) is 37.4 Å². The zero-order valence-corrected chi connectivity index (χ0v) is 13.5. The van der Waals surface area contributed by atoms with Crippen molar-refractivity contribution < 1.29 is 4.74 Å². The molecule has 1 aromatic heterocycles. The Labute approximate surface area is 124 Å². The number of pyridine rings is 1. The summed E-state index contributed by atoms with van der Waals surface area (Å²) in [6.45, 7) is 4.46. The first-order valence-electron chi connectivity index (χ1n) is 5.97. The molecular weight excluding hydrogens is 362 g/mol. The van der Waals surface area contributed by atoms with E-state index in [-0.39, 0.29) is 6.10 Å². The summed E-state index contributed by atoms with van der Waals surface area (Å²) in [5, 5.41) is 3.16. The van der Waals surface area contributed by atoms with Crippen LogP contribution in [0.5, 0.6) is 0 Å². The molecule has 4 nitrogen and oxygen atoms in total. The second-order valence-electron chi connectivity index (χ2n) is 4.37. The van der Waals surface area contributed by atoms with Gasteiger partial charge in [-0.05, 0) is 45.0 Å². The van der Waals surface area contributed by atoms with Gasteiger partial charge in [-0.3, -0.25) is 9.88 Å². The Morgan fingerprint density at radius 2 is 2.39 bits per heavy atom. The number of hydrogen-bond donors (Lipinski definition) is 1. The Hall–Kier alpha value is -0.0100. The second-order valence-corrected chi connectivity index (χ2v) is 6.14. The lowest BCUT2D eigenvalue weighted by atomic mass is 10.2. The van der Waals surface area contributed by atoms with Crippen LogP contribution in [0.4, 0.5) is 0 Å². The van der Waals surface area contributed by atoms with Crippen molar-refractivity contribution in [2.75, 3.05) is 33.3 Å². The normalized spacial score (nSPS) is 21.2. The molecule has 2 heterocycles. The predicted octanol–water partition coefficient (Wildman–Crippen LogP) is 2.03. The molecule has 0 aromatic carbocycles. The monoisotopic (exact) mass is 377 g/mol. The number of nitrogens with zero attached hydrogens (tertiary/aromatic N) is 2. The number of hydrogen-bond acceptors (Lipinski definition) is 4. The summed E-state index contributed by atoms with van der Waals surface area (Å²) in [6, 6.07) is 2.04. The molecule has 6 heteroatoms. The van der Waals surface area contributed by atoms with E-state index in [4.69, 9.17) is 4.74 Å². The maximum atomic E-state index is 5.69. The van der Waals surface area contributed by atoms with Crippen LogP contribution >= 0.6 is 31.9 Å². The van der Waals surface area contributed by atoms with Crippen LogP contribution in [0, 0.1) is 0 Å².